The number of anilines is 1. The summed E-state index contributed by atoms with van der Waals surface area (Å²) in [7, 11) is 0. The summed E-state index contributed by atoms with van der Waals surface area (Å²) in [5.74, 6) is -0.125. The molecule has 2 amide bonds. The molecule has 1 aliphatic heterocycles. The Morgan fingerprint density at radius 2 is 1.73 bits per heavy atom. The number of nitrogens with zero attached hydrogens (tertiary/aromatic N) is 2. The van der Waals surface area contributed by atoms with Crippen molar-refractivity contribution in [3.8, 4) is 0 Å². The SMILES string of the molecule is CC(C)[C@H](NC(=O)OCc1ccccc1)C(=O)N1CCN(c2cccc(Cl)c2)CC1. The average Bonchev–Trinajstić information content (AvgIpc) is 2.76. The standard InChI is InChI=1S/C23H28ClN3O3/c1-17(2)21(25-23(29)30-16-18-7-4-3-5-8-18)22(28)27-13-11-26(12-14-27)20-10-6-9-19(24)15-20/h3-10,15,17,21H,11-14,16H2,1-2H3,(H,25,29)/t21-/m0/s1. The monoisotopic (exact) mass is 429 g/mol. The van der Waals surface area contributed by atoms with Gasteiger partial charge in [-0.3, -0.25) is 4.79 Å². The van der Waals surface area contributed by atoms with Gasteiger partial charge >= 0.3 is 6.09 Å². The van der Waals surface area contributed by atoms with Crippen molar-refractivity contribution >= 4 is 29.3 Å². The molecule has 0 saturated carbocycles. The molecule has 3 rings (SSSR count). The molecule has 1 aliphatic rings. The summed E-state index contributed by atoms with van der Waals surface area (Å²) in [4.78, 5) is 29.3. The maximum atomic E-state index is 13.1. The van der Waals surface area contributed by atoms with Crippen molar-refractivity contribution in [2.45, 2.75) is 26.5 Å². The Morgan fingerprint density at radius 3 is 2.37 bits per heavy atom. The van der Waals surface area contributed by atoms with E-state index in [9.17, 15) is 9.59 Å². The third kappa shape index (κ3) is 5.89. The first-order valence-electron chi connectivity index (χ1n) is 10.2. The summed E-state index contributed by atoms with van der Waals surface area (Å²) >= 11 is 6.09. The van der Waals surface area contributed by atoms with Crippen LogP contribution in [0.3, 0.4) is 0 Å². The van der Waals surface area contributed by atoms with Crippen LogP contribution in [0.25, 0.3) is 0 Å². The van der Waals surface area contributed by atoms with Gasteiger partial charge in [-0.2, -0.15) is 0 Å². The zero-order valence-electron chi connectivity index (χ0n) is 17.4. The fourth-order valence-electron chi connectivity index (χ4n) is 3.46. The highest BCUT2D eigenvalue weighted by molar-refractivity contribution is 6.30. The number of alkyl carbamates (subject to hydrolysis) is 1. The largest absolute Gasteiger partial charge is 0.445 e. The van der Waals surface area contributed by atoms with Crippen LogP contribution < -0.4 is 10.2 Å². The maximum absolute atomic E-state index is 13.1. The number of hydrogen-bond acceptors (Lipinski definition) is 4. The van der Waals surface area contributed by atoms with E-state index < -0.39 is 12.1 Å². The molecule has 7 heteroatoms. The first kappa shape index (κ1) is 22.0. The topological polar surface area (TPSA) is 61.9 Å². The predicted octanol–water partition coefficient (Wildman–Crippen LogP) is 3.94. The van der Waals surface area contributed by atoms with Crippen LogP contribution in [0.15, 0.2) is 54.6 Å². The Balaban J connectivity index is 1.53. The van der Waals surface area contributed by atoms with Gasteiger partial charge in [0.1, 0.15) is 12.6 Å². The third-order valence-corrected chi connectivity index (χ3v) is 5.42. The quantitative estimate of drug-likeness (QED) is 0.755. The molecule has 30 heavy (non-hydrogen) atoms. The zero-order valence-corrected chi connectivity index (χ0v) is 18.1. The number of rotatable bonds is 6. The molecular formula is C23H28ClN3O3. The minimum Gasteiger partial charge on any atom is -0.445 e. The summed E-state index contributed by atoms with van der Waals surface area (Å²) in [6.07, 6.45) is -0.580. The second-order valence-corrected chi connectivity index (χ2v) is 8.16. The normalized spacial score (nSPS) is 15.1. The van der Waals surface area contributed by atoms with Crippen molar-refractivity contribution in [1.29, 1.82) is 0 Å². The van der Waals surface area contributed by atoms with Crippen molar-refractivity contribution < 1.29 is 14.3 Å². The van der Waals surface area contributed by atoms with E-state index in [1.807, 2.05) is 73.3 Å². The van der Waals surface area contributed by atoms with Crippen molar-refractivity contribution in [2.24, 2.45) is 5.92 Å². The second-order valence-electron chi connectivity index (χ2n) is 7.72. The Kier molecular flexibility index (Phi) is 7.57. The number of carbonyl (C=O) groups is 2. The molecule has 6 nitrogen and oxygen atoms in total. The fourth-order valence-corrected chi connectivity index (χ4v) is 3.64. The van der Waals surface area contributed by atoms with Crippen molar-refractivity contribution in [3.63, 3.8) is 0 Å². The van der Waals surface area contributed by atoms with Gasteiger partial charge in [-0.15, -0.1) is 0 Å². The number of ether oxygens (including phenoxy) is 1. The molecule has 2 aromatic carbocycles. The van der Waals surface area contributed by atoms with Crippen molar-refractivity contribution in [1.82, 2.24) is 10.2 Å². The van der Waals surface area contributed by atoms with Gasteiger partial charge in [-0.1, -0.05) is 61.8 Å². The number of benzene rings is 2. The summed E-state index contributed by atoms with van der Waals surface area (Å²) < 4.78 is 5.29. The summed E-state index contributed by atoms with van der Waals surface area (Å²) in [6, 6.07) is 16.6. The van der Waals surface area contributed by atoms with Crippen molar-refractivity contribution in [3.05, 3.63) is 65.2 Å². The van der Waals surface area contributed by atoms with Crippen LogP contribution in [0.4, 0.5) is 10.5 Å². The molecule has 1 atom stereocenters. The van der Waals surface area contributed by atoms with Crippen LogP contribution in [-0.4, -0.2) is 49.1 Å². The van der Waals surface area contributed by atoms with E-state index in [1.54, 1.807) is 0 Å². The van der Waals surface area contributed by atoms with Crippen LogP contribution in [0.5, 0.6) is 0 Å². The average molecular weight is 430 g/mol. The molecule has 1 saturated heterocycles. The highest BCUT2D eigenvalue weighted by Gasteiger charge is 2.31. The van der Waals surface area contributed by atoms with E-state index in [0.29, 0.717) is 18.1 Å². The molecule has 2 aromatic rings. The van der Waals surface area contributed by atoms with Gasteiger partial charge in [0.25, 0.3) is 0 Å². The zero-order chi connectivity index (χ0) is 21.5. The lowest BCUT2D eigenvalue weighted by molar-refractivity contribution is -0.134. The first-order chi connectivity index (χ1) is 14.4. The first-order valence-corrected chi connectivity index (χ1v) is 10.6. The van der Waals surface area contributed by atoms with Crippen LogP contribution in [0, 0.1) is 5.92 Å². The summed E-state index contributed by atoms with van der Waals surface area (Å²) in [5.41, 5.74) is 1.95. The molecule has 1 fully saturated rings. The number of halogens is 1. The Labute approximate surface area is 182 Å². The smallest absolute Gasteiger partial charge is 0.408 e. The lowest BCUT2D eigenvalue weighted by Crippen LogP contribution is -2.56. The minimum atomic E-state index is -0.619. The van der Waals surface area contributed by atoms with Gasteiger partial charge in [0.05, 0.1) is 0 Å². The summed E-state index contributed by atoms with van der Waals surface area (Å²) in [5, 5.41) is 3.45. The number of hydrogen-bond donors (Lipinski definition) is 1. The molecule has 0 aromatic heterocycles. The van der Waals surface area contributed by atoms with Crippen LogP contribution in [-0.2, 0) is 16.1 Å². The highest BCUT2D eigenvalue weighted by Crippen LogP contribution is 2.21. The van der Waals surface area contributed by atoms with Gasteiger partial charge in [0, 0.05) is 36.9 Å². The van der Waals surface area contributed by atoms with Crippen LogP contribution in [0.2, 0.25) is 5.02 Å². The van der Waals surface area contributed by atoms with Gasteiger partial charge in [-0.05, 0) is 29.7 Å². The Hall–Kier alpha value is -2.73. The molecule has 1 N–H and O–H groups in total. The van der Waals surface area contributed by atoms with E-state index in [4.69, 9.17) is 16.3 Å². The van der Waals surface area contributed by atoms with E-state index in [1.165, 1.54) is 0 Å². The number of carbonyl (C=O) groups excluding carboxylic acids is 2. The molecular weight excluding hydrogens is 402 g/mol. The van der Waals surface area contributed by atoms with Gasteiger partial charge in [0.2, 0.25) is 5.91 Å². The van der Waals surface area contributed by atoms with Gasteiger partial charge in [0.15, 0.2) is 0 Å². The van der Waals surface area contributed by atoms with Crippen molar-refractivity contribution in [2.75, 3.05) is 31.1 Å². The molecule has 0 spiro atoms. The minimum absolute atomic E-state index is 0.0484. The lowest BCUT2D eigenvalue weighted by atomic mass is 10.0. The molecule has 0 aliphatic carbocycles. The molecule has 0 radical (unpaired) electrons. The van der Waals surface area contributed by atoms with Gasteiger partial charge in [-0.25, -0.2) is 4.79 Å². The Morgan fingerprint density at radius 1 is 1.03 bits per heavy atom. The number of amides is 2. The predicted molar refractivity (Wildman–Crippen MR) is 119 cm³/mol. The molecule has 160 valence electrons. The second kappa shape index (κ2) is 10.3. The Bertz CT molecular complexity index is 852. The third-order valence-electron chi connectivity index (χ3n) is 5.18. The summed E-state index contributed by atoms with van der Waals surface area (Å²) in [6.45, 7) is 6.63. The van der Waals surface area contributed by atoms with E-state index in [-0.39, 0.29) is 18.4 Å². The van der Waals surface area contributed by atoms with Gasteiger partial charge < -0.3 is 19.9 Å². The van der Waals surface area contributed by atoms with E-state index in [0.717, 1.165) is 24.3 Å². The molecule has 0 bridgehead atoms. The lowest BCUT2D eigenvalue weighted by Gasteiger charge is -2.38. The molecule has 0 unspecified atom stereocenters. The van der Waals surface area contributed by atoms with E-state index >= 15 is 0 Å². The highest BCUT2D eigenvalue weighted by atomic mass is 35.5. The molecule has 1 heterocycles. The van der Waals surface area contributed by atoms with Crippen LogP contribution >= 0.6 is 11.6 Å². The van der Waals surface area contributed by atoms with Crippen LogP contribution in [0.1, 0.15) is 19.4 Å². The fraction of sp³-hybridized carbons (Fsp3) is 0.391. The number of piperazine rings is 1. The maximum Gasteiger partial charge on any atom is 0.408 e. The van der Waals surface area contributed by atoms with E-state index in [2.05, 4.69) is 10.2 Å². The number of nitrogens with one attached hydrogen (secondary N) is 1.